The van der Waals surface area contributed by atoms with E-state index in [-0.39, 0.29) is 16.6 Å². The first-order valence-corrected chi connectivity index (χ1v) is 22.8. The molecule has 322 valence electrons. The summed E-state index contributed by atoms with van der Waals surface area (Å²) >= 11 is 0. The summed E-state index contributed by atoms with van der Waals surface area (Å²) in [6, 6.07) is 70.4. The lowest BCUT2D eigenvalue weighted by molar-refractivity contribution is 0.477. The van der Waals surface area contributed by atoms with Gasteiger partial charge in [-0.2, -0.15) is 0 Å². The first-order valence-electron chi connectivity index (χ1n) is 22.8. The summed E-state index contributed by atoms with van der Waals surface area (Å²) in [6.07, 6.45) is 1.92. The van der Waals surface area contributed by atoms with Gasteiger partial charge in [0, 0.05) is 22.9 Å². The smallest absolute Gasteiger partial charge is 0.149 e. The molecule has 0 spiro atoms. The monoisotopic (exact) mass is 855 g/mol. The molecule has 4 nitrogen and oxygen atoms in total. The highest BCUT2D eigenvalue weighted by Crippen LogP contribution is 2.45. The molecule has 0 bridgehead atoms. The van der Waals surface area contributed by atoms with Gasteiger partial charge in [-0.15, -0.1) is 0 Å². The number of phenolic OH excluding ortho intramolecular Hbond substituents is 1. The molecular formula is C62H53N3O. The Kier molecular flexibility index (Phi) is 10.8. The van der Waals surface area contributed by atoms with Crippen LogP contribution in [0.3, 0.4) is 0 Å². The van der Waals surface area contributed by atoms with E-state index in [0.29, 0.717) is 11.4 Å². The second kappa shape index (κ2) is 17.0. The van der Waals surface area contributed by atoms with Crippen LogP contribution in [-0.4, -0.2) is 19.6 Å². The number of imidazole rings is 1. The third-order valence-electron chi connectivity index (χ3n) is 12.7. The molecule has 2 heterocycles. The highest BCUT2D eigenvalue weighted by molar-refractivity contribution is 5.98. The highest BCUT2D eigenvalue weighted by atomic mass is 16.3. The van der Waals surface area contributed by atoms with Crippen molar-refractivity contribution >= 4 is 11.0 Å². The van der Waals surface area contributed by atoms with Crippen LogP contribution in [0.5, 0.6) is 5.75 Å². The Bertz CT molecular complexity index is 3350. The molecule has 10 aromatic rings. The molecule has 4 heteroatoms. The van der Waals surface area contributed by atoms with Crippen LogP contribution in [-0.2, 0) is 10.8 Å². The zero-order valence-electron chi connectivity index (χ0n) is 38.4. The van der Waals surface area contributed by atoms with Gasteiger partial charge in [0.25, 0.3) is 0 Å². The van der Waals surface area contributed by atoms with Gasteiger partial charge in [-0.3, -0.25) is 9.55 Å². The molecule has 1 N–H and O–H groups in total. The number of aromatic nitrogens is 3. The number of pyridine rings is 1. The van der Waals surface area contributed by atoms with Crippen molar-refractivity contribution in [2.75, 3.05) is 0 Å². The summed E-state index contributed by atoms with van der Waals surface area (Å²) in [5.74, 6) is 0.833. The number of rotatable bonds is 8. The third-order valence-corrected chi connectivity index (χ3v) is 12.7. The minimum Gasteiger partial charge on any atom is -0.507 e. The van der Waals surface area contributed by atoms with Crippen molar-refractivity contribution in [2.24, 2.45) is 0 Å². The van der Waals surface area contributed by atoms with E-state index in [0.717, 1.165) is 72.5 Å². The van der Waals surface area contributed by atoms with Gasteiger partial charge in [0.15, 0.2) is 0 Å². The van der Waals surface area contributed by atoms with Crippen LogP contribution >= 0.6 is 0 Å². The lowest BCUT2D eigenvalue weighted by atomic mass is 9.79. The summed E-state index contributed by atoms with van der Waals surface area (Å²) in [5, 5.41) is 11.6. The van der Waals surface area contributed by atoms with Crippen LogP contribution < -0.4 is 0 Å². The summed E-state index contributed by atoms with van der Waals surface area (Å²) < 4.78 is 2.26. The molecule has 10 rings (SSSR count). The predicted octanol–water partition coefficient (Wildman–Crippen LogP) is 16.4. The Labute approximate surface area is 388 Å². The summed E-state index contributed by atoms with van der Waals surface area (Å²) in [4.78, 5) is 10.5. The normalized spacial score (nSPS) is 11.8. The SMILES string of the molecule is CC(C)(C)c1cc(-c2cc(-c3ccc(-c4ccccc4)cc3)ccn2)cc(-c2cccc3c2nc(-c2ccccc2O)n3-c2cc(-c3ccccc3)c(C(C)(C)C)cc2-c2ccccc2)c1. The zero-order chi connectivity index (χ0) is 45.6. The Morgan fingerprint density at radius 2 is 0.970 bits per heavy atom. The highest BCUT2D eigenvalue weighted by Gasteiger charge is 2.27. The molecule has 0 unspecified atom stereocenters. The standard InChI is InChI=1S/C62H53N3O/c1-61(2,3)49-36-47(35-48(37-49)55-38-46(33-34-63-55)43-31-29-42(30-32-43)41-19-10-7-11-20-41)50-26-18-27-56-59(50)64-60(51-25-16-17-28-58(51)66)65(56)57-40-52(44-21-12-8-13-22-44)54(62(4,5)6)39-53(57)45-23-14-9-15-24-45/h7-40,66H,1-6H3. The van der Waals surface area contributed by atoms with Crippen molar-refractivity contribution in [1.82, 2.24) is 14.5 Å². The fraction of sp³-hybridized carbons (Fsp3) is 0.129. The first kappa shape index (κ1) is 42.1. The minimum absolute atomic E-state index is 0.156. The van der Waals surface area contributed by atoms with Crippen LogP contribution in [0.4, 0.5) is 0 Å². The average molecular weight is 856 g/mol. The molecule has 0 amide bonds. The van der Waals surface area contributed by atoms with Crippen molar-refractivity contribution in [3.05, 3.63) is 218 Å². The van der Waals surface area contributed by atoms with Crippen molar-refractivity contribution in [3.63, 3.8) is 0 Å². The molecule has 0 fully saturated rings. The molecule has 0 saturated heterocycles. The molecule has 8 aromatic carbocycles. The van der Waals surface area contributed by atoms with E-state index in [1.54, 1.807) is 6.07 Å². The molecule has 0 saturated carbocycles. The molecular weight excluding hydrogens is 803 g/mol. The van der Waals surface area contributed by atoms with E-state index in [9.17, 15) is 5.11 Å². The lowest BCUT2D eigenvalue weighted by Crippen LogP contribution is -2.14. The fourth-order valence-corrected chi connectivity index (χ4v) is 9.14. The average Bonchev–Trinajstić information content (AvgIpc) is 3.73. The molecule has 2 aromatic heterocycles. The van der Waals surface area contributed by atoms with Crippen LogP contribution in [0, 0.1) is 0 Å². The topological polar surface area (TPSA) is 50.9 Å². The van der Waals surface area contributed by atoms with Gasteiger partial charge >= 0.3 is 0 Å². The first-order chi connectivity index (χ1) is 31.9. The minimum atomic E-state index is -0.158. The van der Waals surface area contributed by atoms with Gasteiger partial charge in [0.1, 0.15) is 11.6 Å². The van der Waals surface area contributed by atoms with Crippen molar-refractivity contribution in [3.8, 4) is 89.7 Å². The summed E-state index contributed by atoms with van der Waals surface area (Å²) in [5.41, 5.74) is 18.6. The molecule has 0 aliphatic rings. The number of hydrogen-bond donors (Lipinski definition) is 1. The second-order valence-electron chi connectivity index (χ2n) is 19.3. The van der Waals surface area contributed by atoms with Gasteiger partial charge in [0.05, 0.1) is 28.0 Å². The Hall–Kier alpha value is -7.82. The van der Waals surface area contributed by atoms with E-state index in [4.69, 9.17) is 9.97 Å². The number of fused-ring (bicyclic) bond motifs is 1. The number of benzene rings is 8. The largest absolute Gasteiger partial charge is 0.507 e. The van der Waals surface area contributed by atoms with Crippen molar-refractivity contribution in [2.45, 2.75) is 52.4 Å². The van der Waals surface area contributed by atoms with Crippen LogP contribution in [0.25, 0.3) is 95.0 Å². The second-order valence-corrected chi connectivity index (χ2v) is 19.3. The van der Waals surface area contributed by atoms with Crippen LogP contribution in [0.15, 0.2) is 206 Å². The van der Waals surface area contributed by atoms with E-state index >= 15 is 0 Å². The number of aromatic hydroxyl groups is 1. The van der Waals surface area contributed by atoms with Crippen LogP contribution in [0.2, 0.25) is 0 Å². The van der Waals surface area contributed by atoms with Crippen molar-refractivity contribution < 1.29 is 5.11 Å². The van der Waals surface area contributed by atoms with E-state index < -0.39 is 0 Å². The number of nitrogens with zero attached hydrogens (tertiary/aromatic N) is 3. The zero-order valence-corrected chi connectivity index (χ0v) is 38.4. The van der Waals surface area contributed by atoms with Gasteiger partial charge in [0.2, 0.25) is 0 Å². The molecule has 0 radical (unpaired) electrons. The van der Waals surface area contributed by atoms with E-state index in [2.05, 4.69) is 216 Å². The van der Waals surface area contributed by atoms with Gasteiger partial charge in [-0.05, 0) is 121 Å². The Morgan fingerprint density at radius 3 is 1.61 bits per heavy atom. The van der Waals surface area contributed by atoms with Crippen molar-refractivity contribution in [1.29, 1.82) is 0 Å². The maximum absolute atomic E-state index is 11.6. The van der Waals surface area contributed by atoms with Gasteiger partial charge in [-0.1, -0.05) is 187 Å². The quantitative estimate of drug-likeness (QED) is 0.166. The summed E-state index contributed by atoms with van der Waals surface area (Å²) in [7, 11) is 0. The number of hydrogen-bond acceptors (Lipinski definition) is 3. The predicted molar refractivity (Wildman–Crippen MR) is 276 cm³/mol. The van der Waals surface area contributed by atoms with E-state index in [1.165, 1.54) is 22.3 Å². The molecule has 0 atom stereocenters. The number of phenols is 1. The van der Waals surface area contributed by atoms with Gasteiger partial charge < -0.3 is 5.11 Å². The summed E-state index contributed by atoms with van der Waals surface area (Å²) in [6.45, 7) is 13.6. The third kappa shape index (κ3) is 8.12. The van der Waals surface area contributed by atoms with Crippen LogP contribution in [0.1, 0.15) is 52.7 Å². The molecule has 0 aliphatic heterocycles. The molecule has 0 aliphatic carbocycles. The molecule has 66 heavy (non-hydrogen) atoms. The maximum atomic E-state index is 11.6. The Morgan fingerprint density at radius 1 is 0.409 bits per heavy atom. The van der Waals surface area contributed by atoms with Gasteiger partial charge in [-0.25, -0.2) is 4.98 Å². The Balaban J connectivity index is 1.20. The van der Waals surface area contributed by atoms with E-state index in [1.807, 2.05) is 30.5 Å². The fourth-order valence-electron chi connectivity index (χ4n) is 9.14. The lowest BCUT2D eigenvalue weighted by Gasteiger charge is -2.27. The maximum Gasteiger partial charge on any atom is 0.149 e. The number of para-hydroxylation sites is 2.